The molecule has 1 atom stereocenters. The van der Waals surface area contributed by atoms with Crippen molar-refractivity contribution in [2.45, 2.75) is 17.3 Å². The first-order chi connectivity index (χ1) is 12.0. The number of para-hydroxylation sites is 1. The molecule has 0 aliphatic heterocycles. The number of carbonyl (C=O) groups excluding carboxylic acids is 1. The van der Waals surface area contributed by atoms with Crippen LogP contribution < -0.4 is 0 Å². The summed E-state index contributed by atoms with van der Waals surface area (Å²) in [5, 5.41) is 8.26. The van der Waals surface area contributed by atoms with E-state index in [1.54, 1.807) is 6.92 Å². The third kappa shape index (κ3) is 2.81. The zero-order chi connectivity index (χ0) is 17.6. The molecule has 0 saturated carbocycles. The maximum Gasteiger partial charge on any atom is 0.217 e. The van der Waals surface area contributed by atoms with Crippen molar-refractivity contribution in [3.63, 3.8) is 0 Å². The van der Waals surface area contributed by atoms with Gasteiger partial charge in [-0.1, -0.05) is 35.2 Å². The lowest BCUT2D eigenvalue weighted by Crippen LogP contribution is -2.15. The number of benzene rings is 2. The fourth-order valence-corrected chi connectivity index (χ4v) is 4.50. The van der Waals surface area contributed by atoms with Gasteiger partial charge in [-0.3, -0.25) is 9.20 Å². The fraction of sp³-hybridized carbons (Fsp3) is 0.118. The van der Waals surface area contributed by atoms with Crippen LogP contribution in [-0.2, 0) is 0 Å². The van der Waals surface area contributed by atoms with Crippen LogP contribution in [0, 0.1) is 11.6 Å². The summed E-state index contributed by atoms with van der Waals surface area (Å²) in [5.74, 6) is -1.98. The number of aromatic nitrogens is 3. The summed E-state index contributed by atoms with van der Waals surface area (Å²) in [6, 6.07) is 10.8. The van der Waals surface area contributed by atoms with Crippen molar-refractivity contribution in [3.05, 3.63) is 59.7 Å². The highest BCUT2D eigenvalue weighted by molar-refractivity contribution is 8.00. The quantitative estimate of drug-likeness (QED) is 0.387. The number of thiazole rings is 1. The van der Waals surface area contributed by atoms with Gasteiger partial charge in [0, 0.05) is 6.07 Å². The number of nitrogens with zero attached hydrogens (tertiary/aromatic N) is 3. The molecule has 4 aromatic rings. The average molecular weight is 375 g/mol. The van der Waals surface area contributed by atoms with Gasteiger partial charge in [-0.2, -0.15) is 0 Å². The largest absolute Gasteiger partial charge is 0.293 e. The molecule has 126 valence electrons. The van der Waals surface area contributed by atoms with E-state index in [1.165, 1.54) is 29.2 Å². The molecule has 1 unspecified atom stereocenters. The first-order valence-corrected chi connectivity index (χ1v) is 9.13. The molecular weight excluding hydrogens is 364 g/mol. The Morgan fingerprint density at radius 1 is 1.20 bits per heavy atom. The molecule has 0 aliphatic rings. The summed E-state index contributed by atoms with van der Waals surface area (Å²) in [6.07, 6.45) is 0. The second-order valence-corrected chi connectivity index (χ2v) is 7.74. The lowest BCUT2D eigenvalue weighted by Gasteiger charge is -2.09. The Bertz CT molecular complexity index is 1110. The van der Waals surface area contributed by atoms with Crippen LogP contribution in [0.1, 0.15) is 17.3 Å². The lowest BCUT2D eigenvalue weighted by atomic mass is 10.1. The van der Waals surface area contributed by atoms with Gasteiger partial charge in [0.2, 0.25) is 4.96 Å². The number of thioether (sulfide) groups is 1. The molecule has 0 N–H and O–H groups in total. The average Bonchev–Trinajstić information content (AvgIpc) is 3.14. The summed E-state index contributed by atoms with van der Waals surface area (Å²) < 4.78 is 29.8. The van der Waals surface area contributed by atoms with Crippen molar-refractivity contribution < 1.29 is 13.6 Å². The van der Waals surface area contributed by atoms with Crippen molar-refractivity contribution >= 4 is 44.1 Å². The van der Waals surface area contributed by atoms with E-state index in [-0.39, 0.29) is 5.56 Å². The first kappa shape index (κ1) is 16.2. The summed E-state index contributed by atoms with van der Waals surface area (Å²) >= 11 is 2.71. The number of halogens is 2. The minimum absolute atomic E-state index is 0.127. The molecule has 0 amide bonds. The van der Waals surface area contributed by atoms with Crippen molar-refractivity contribution in [2.24, 2.45) is 0 Å². The van der Waals surface area contributed by atoms with Gasteiger partial charge in [-0.05, 0) is 31.2 Å². The summed E-state index contributed by atoms with van der Waals surface area (Å²) in [6.45, 7) is 1.67. The van der Waals surface area contributed by atoms with E-state index in [2.05, 4.69) is 10.2 Å². The molecule has 4 rings (SSSR count). The van der Waals surface area contributed by atoms with Gasteiger partial charge in [0.25, 0.3) is 0 Å². The number of hydrogen-bond acceptors (Lipinski definition) is 5. The van der Waals surface area contributed by atoms with Crippen molar-refractivity contribution in [1.82, 2.24) is 14.6 Å². The molecule has 2 heterocycles. The van der Waals surface area contributed by atoms with Crippen LogP contribution in [0.2, 0.25) is 0 Å². The summed E-state index contributed by atoms with van der Waals surface area (Å²) in [4.78, 5) is 13.2. The number of hydrogen-bond donors (Lipinski definition) is 0. The van der Waals surface area contributed by atoms with E-state index in [0.29, 0.717) is 11.2 Å². The van der Waals surface area contributed by atoms with Crippen LogP contribution in [0.4, 0.5) is 8.78 Å². The van der Waals surface area contributed by atoms with Gasteiger partial charge < -0.3 is 0 Å². The van der Waals surface area contributed by atoms with E-state index in [4.69, 9.17) is 0 Å². The van der Waals surface area contributed by atoms with E-state index >= 15 is 0 Å². The standard InChI is InChI=1S/C17H11F2N3OS2/c1-9(15(23)11-7-6-10(18)8-12(11)19)24-16-20-21-17-22(16)13-4-2-3-5-14(13)25-17/h2-9H,1H3. The van der Waals surface area contributed by atoms with Crippen molar-refractivity contribution in [3.8, 4) is 0 Å². The van der Waals surface area contributed by atoms with E-state index in [9.17, 15) is 13.6 Å². The molecule has 4 nitrogen and oxygen atoms in total. The Morgan fingerprint density at radius 2 is 2.00 bits per heavy atom. The highest BCUT2D eigenvalue weighted by Gasteiger charge is 2.23. The van der Waals surface area contributed by atoms with E-state index in [1.807, 2.05) is 28.7 Å². The summed E-state index contributed by atoms with van der Waals surface area (Å²) in [5.41, 5.74) is 0.833. The fourth-order valence-electron chi connectivity index (χ4n) is 2.55. The Kier molecular flexibility index (Phi) is 4.01. The van der Waals surface area contributed by atoms with Crippen molar-refractivity contribution in [2.75, 3.05) is 0 Å². The van der Waals surface area contributed by atoms with Crippen molar-refractivity contribution in [1.29, 1.82) is 0 Å². The molecule has 0 aliphatic carbocycles. The molecule has 25 heavy (non-hydrogen) atoms. The topological polar surface area (TPSA) is 47.3 Å². The highest BCUT2D eigenvalue weighted by atomic mass is 32.2. The smallest absolute Gasteiger partial charge is 0.217 e. The number of Topliss-reactive ketones (excluding diaryl/α,β-unsaturated/α-hetero) is 1. The van der Waals surface area contributed by atoms with Crippen LogP contribution in [0.3, 0.4) is 0 Å². The molecular formula is C17H11F2N3OS2. The number of fused-ring (bicyclic) bond motifs is 3. The van der Waals surface area contributed by atoms with Gasteiger partial charge in [0.1, 0.15) is 11.6 Å². The Balaban J connectivity index is 1.67. The molecule has 2 aromatic carbocycles. The van der Waals surface area contributed by atoms with Crippen LogP contribution in [0.5, 0.6) is 0 Å². The molecule has 2 aromatic heterocycles. The second kappa shape index (κ2) is 6.20. The van der Waals surface area contributed by atoms with E-state index in [0.717, 1.165) is 21.2 Å². The Morgan fingerprint density at radius 3 is 2.80 bits per heavy atom. The molecule has 0 spiro atoms. The molecule has 0 bridgehead atoms. The minimum atomic E-state index is -0.857. The Hall–Kier alpha value is -2.32. The van der Waals surface area contributed by atoms with Gasteiger partial charge in [0.15, 0.2) is 10.9 Å². The third-order valence-electron chi connectivity index (χ3n) is 3.76. The van der Waals surface area contributed by atoms with Gasteiger partial charge in [-0.25, -0.2) is 8.78 Å². The number of rotatable bonds is 4. The minimum Gasteiger partial charge on any atom is -0.293 e. The first-order valence-electron chi connectivity index (χ1n) is 7.43. The zero-order valence-electron chi connectivity index (χ0n) is 12.9. The molecule has 0 radical (unpaired) electrons. The van der Waals surface area contributed by atoms with Crippen LogP contribution in [0.25, 0.3) is 15.2 Å². The van der Waals surface area contributed by atoms with Gasteiger partial charge >= 0.3 is 0 Å². The van der Waals surface area contributed by atoms with Crippen LogP contribution >= 0.6 is 23.1 Å². The second-order valence-electron chi connectivity index (χ2n) is 5.42. The molecule has 0 saturated heterocycles. The lowest BCUT2D eigenvalue weighted by molar-refractivity contribution is 0.0990. The monoisotopic (exact) mass is 375 g/mol. The predicted octanol–water partition coefficient (Wildman–Crippen LogP) is 4.59. The maximum atomic E-state index is 13.9. The SMILES string of the molecule is CC(Sc1nnc2sc3ccccc3n12)C(=O)c1ccc(F)cc1F. The van der Waals surface area contributed by atoms with E-state index < -0.39 is 22.7 Å². The predicted molar refractivity (Wildman–Crippen MR) is 94.4 cm³/mol. The van der Waals surface area contributed by atoms with Crippen LogP contribution in [0.15, 0.2) is 47.6 Å². The molecule has 0 fully saturated rings. The number of carbonyl (C=O) groups is 1. The highest BCUT2D eigenvalue weighted by Crippen LogP contribution is 2.32. The summed E-state index contributed by atoms with van der Waals surface area (Å²) in [7, 11) is 0. The third-order valence-corrected chi connectivity index (χ3v) is 5.81. The van der Waals surface area contributed by atoms with Crippen LogP contribution in [-0.4, -0.2) is 25.6 Å². The maximum absolute atomic E-state index is 13.9. The van der Waals surface area contributed by atoms with Gasteiger partial charge in [0.05, 0.1) is 21.0 Å². The van der Waals surface area contributed by atoms with Gasteiger partial charge in [-0.15, -0.1) is 10.2 Å². The zero-order valence-corrected chi connectivity index (χ0v) is 14.6. The molecule has 8 heteroatoms. The Labute approximate surface area is 149 Å². The normalized spacial score (nSPS) is 12.8. The number of ketones is 1.